The summed E-state index contributed by atoms with van der Waals surface area (Å²) in [6.45, 7) is 9.11. The molecule has 2 fully saturated rings. The molecule has 0 N–H and O–H groups in total. The van der Waals surface area contributed by atoms with Gasteiger partial charge in [-0.25, -0.2) is 0 Å². The highest BCUT2D eigenvalue weighted by Gasteiger charge is 2.37. The molecule has 2 saturated heterocycles. The van der Waals surface area contributed by atoms with Crippen LogP contribution in [0.5, 0.6) is 0 Å². The Balaban J connectivity index is 2.00. The maximum Gasteiger partial charge on any atom is 0.0942 e. The molecule has 2 unspecified atom stereocenters. The maximum absolute atomic E-state index is 2.69. The van der Waals surface area contributed by atoms with Crippen LogP contribution in [-0.4, -0.2) is 55.2 Å². The molecule has 0 saturated carbocycles. The first-order valence-corrected chi connectivity index (χ1v) is 5.31. The van der Waals surface area contributed by atoms with Crippen LogP contribution in [-0.2, 0) is 0 Å². The predicted octanol–water partition coefficient (Wildman–Crippen LogP) is 0.931. The minimum absolute atomic E-state index is 0.920. The molecule has 70 valence electrons. The molecule has 2 nitrogen and oxygen atoms in total. The number of rotatable bonds is 1. The summed E-state index contributed by atoms with van der Waals surface area (Å²) in [5.41, 5.74) is 0. The van der Waals surface area contributed by atoms with E-state index < -0.39 is 0 Å². The average molecular weight is 169 g/mol. The molecule has 0 amide bonds. The van der Waals surface area contributed by atoms with E-state index in [4.69, 9.17) is 0 Å². The summed E-state index contributed by atoms with van der Waals surface area (Å²) in [7, 11) is 2.41. The van der Waals surface area contributed by atoms with Crippen LogP contribution in [0.15, 0.2) is 0 Å². The molecule has 0 aromatic rings. The van der Waals surface area contributed by atoms with Gasteiger partial charge in [0, 0.05) is 6.54 Å². The van der Waals surface area contributed by atoms with Gasteiger partial charge < -0.3 is 4.48 Å². The lowest BCUT2D eigenvalue weighted by atomic mass is 10.1. The van der Waals surface area contributed by atoms with Gasteiger partial charge in [0.15, 0.2) is 0 Å². The molecule has 0 aromatic carbocycles. The van der Waals surface area contributed by atoms with Crippen molar-refractivity contribution in [3.05, 3.63) is 0 Å². The standard InChI is InChI=1S/C10H21N2/c1-3-12(2)8-7-11-6-4-5-10(11)9-12/h10H,3-9H2,1-2H3/q+1. The van der Waals surface area contributed by atoms with Crippen LogP contribution < -0.4 is 0 Å². The highest BCUT2D eigenvalue weighted by molar-refractivity contribution is 4.81. The lowest BCUT2D eigenvalue weighted by molar-refractivity contribution is -0.914. The van der Waals surface area contributed by atoms with E-state index in [1.165, 1.54) is 50.0 Å². The van der Waals surface area contributed by atoms with Crippen molar-refractivity contribution in [1.29, 1.82) is 0 Å². The van der Waals surface area contributed by atoms with Gasteiger partial charge in [0.05, 0.1) is 32.7 Å². The number of hydrogen-bond acceptors (Lipinski definition) is 1. The second-order valence-electron chi connectivity index (χ2n) is 4.67. The van der Waals surface area contributed by atoms with Gasteiger partial charge in [-0.3, -0.25) is 4.90 Å². The van der Waals surface area contributed by atoms with E-state index in [2.05, 4.69) is 18.9 Å². The van der Waals surface area contributed by atoms with Gasteiger partial charge in [-0.05, 0) is 26.3 Å². The molecule has 2 heterocycles. The van der Waals surface area contributed by atoms with Crippen molar-refractivity contribution in [2.24, 2.45) is 0 Å². The second kappa shape index (κ2) is 3.00. The highest BCUT2D eigenvalue weighted by atomic mass is 15.4. The highest BCUT2D eigenvalue weighted by Crippen LogP contribution is 2.24. The normalized spacial score (nSPS) is 43.0. The zero-order valence-electron chi connectivity index (χ0n) is 8.42. The topological polar surface area (TPSA) is 3.24 Å². The van der Waals surface area contributed by atoms with E-state index >= 15 is 0 Å². The van der Waals surface area contributed by atoms with E-state index in [-0.39, 0.29) is 0 Å². The van der Waals surface area contributed by atoms with Crippen molar-refractivity contribution in [3.63, 3.8) is 0 Å². The van der Waals surface area contributed by atoms with Gasteiger partial charge in [0.1, 0.15) is 0 Å². The molecule has 0 bridgehead atoms. The fourth-order valence-corrected chi connectivity index (χ4v) is 2.65. The molecule has 2 rings (SSSR count). The van der Waals surface area contributed by atoms with Gasteiger partial charge in [-0.15, -0.1) is 0 Å². The summed E-state index contributed by atoms with van der Waals surface area (Å²) in [6.07, 6.45) is 2.89. The molecule has 2 atom stereocenters. The summed E-state index contributed by atoms with van der Waals surface area (Å²) >= 11 is 0. The number of fused-ring (bicyclic) bond motifs is 1. The van der Waals surface area contributed by atoms with E-state index in [9.17, 15) is 0 Å². The minimum Gasteiger partial charge on any atom is -0.324 e. The van der Waals surface area contributed by atoms with Crippen LogP contribution >= 0.6 is 0 Å². The van der Waals surface area contributed by atoms with Crippen LogP contribution in [0.25, 0.3) is 0 Å². The molecule has 2 heteroatoms. The predicted molar refractivity (Wildman–Crippen MR) is 51.1 cm³/mol. The van der Waals surface area contributed by atoms with Gasteiger partial charge in [-0.2, -0.15) is 0 Å². The van der Waals surface area contributed by atoms with Gasteiger partial charge in [0.2, 0.25) is 0 Å². The van der Waals surface area contributed by atoms with Crippen molar-refractivity contribution in [2.45, 2.75) is 25.8 Å². The quantitative estimate of drug-likeness (QED) is 0.528. The fraction of sp³-hybridized carbons (Fsp3) is 1.00. The van der Waals surface area contributed by atoms with Crippen molar-refractivity contribution >= 4 is 0 Å². The maximum atomic E-state index is 2.69. The summed E-state index contributed by atoms with van der Waals surface area (Å²) in [5, 5.41) is 0. The number of hydrogen-bond donors (Lipinski definition) is 0. The summed E-state index contributed by atoms with van der Waals surface area (Å²) < 4.78 is 1.31. The number of likely N-dealkylation sites (N-methyl/N-ethyl adjacent to an activating group) is 1. The summed E-state index contributed by atoms with van der Waals surface area (Å²) in [6, 6.07) is 0.920. The first-order chi connectivity index (χ1) is 5.73. The zero-order valence-corrected chi connectivity index (χ0v) is 8.42. The summed E-state index contributed by atoms with van der Waals surface area (Å²) in [4.78, 5) is 2.69. The Kier molecular flexibility index (Phi) is 2.13. The Labute approximate surface area is 75.7 Å². The van der Waals surface area contributed by atoms with Gasteiger partial charge in [0.25, 0.3) is 0 Å². The SMILES string of the molecule is CC[N+]1(C)CCN2CCCC2C1. The third kappa shape index (κ3) is 1.38. The lowest BCUT2D eigenvalue weighted by Crippen LogP contribution is -2.59. The molecule has 0 aliphatic carbocycles. The van der Waals surface area contributed by atoms with Crippen LogP contribution in [0, 0.1) is 0 Å². The minimum atomic E-state index is 0.920. The van der Waals surface area contributed by atoms with Crippen molar-refractivity contribution < 1.29 is 4.48 Å². The third-order valence-corrected chi connectivity index (χ3v) is 3.84. The Morgan fingerprint density at radius 2 is 2.25 bits per heavy atom. The Morgan fingerprint density at radius 3 is 3.00 bits per heavy atom. The first kappa shape index (κ1) is 8.52. The molecule has 0 radical (unpaired) electrons. The molecule has 12 heavy (non-hydrogen) atoms. The van der Waals surface area contributed by atoms with Crippen molar-refractivity contribution in [2.75, 3.05) is 39.8 Å². The Bertz CT molecular complexity index is 169. The second-order valence-corrected chi connectivity index (χ2v) is 4.67. The number of quaternary nitrogens is 1. The van der Waals surface area contributed by atoms with Crippen LogP contribution in [0.1, 0.15) is 19.8 Å². The lowest BCUT2D eigenvalue weighted by Gasteiger charge is -2.43. The van der Waals surface area contributed by atoms with Crippen LogP contribution in [0.3, 0.4) is 0 Å². The Morgan fingerprint density at radius 1 is 1.42 bits per heavy atom. The van der Waals surface area contributed by atoms with E-state index in [1.807, 2.05) is 0 Å². The average Bonchev–Trinajstić information content (AvgIpc) is 2.51. The van der Waals surface area contributed by atoms with E-state index in [1.54, 1.807) is 0 Å². The molecular weight excluding hydrogens is 148 g/mol. The van der Waals surface area contributed by atoms with Crippen molar-refractivity contribution in [3.8, 4) is 0 Å². The zero-order chi connectivity index (χ0) is 8.60. The van der Waals surface area contributed by atoms with Gasteiger partial charge in [-0.1, -0.05) is 0 Å². The van der Waals surface area contributed by atoms with E-state index in [0.717, 1.165) is 6.04 Å². The third-order valence-electron chi connectivity index (χ3n) is 3.84. The largest absolute Gasteiger partial charge is 0.324 e. The molecular formula is C10H21N2+. The summed E-state index contributed by atoms with van der Waals surface area (Å²) in [5.74, 6) is 0. The molecule has 2 aliphatic rings. The Hall–Kier alpha value is -0.0800. The molecule has 2 aliphatic heterocycles. The first-order valence-electron chi connectivity index (χ1n) is 5.31. The smallest absolute Gasteiger partial charge is 0.0942 e. The van der Waals surface area contributed by atoms with Crippen molar-refractivity contribution in [1.82, 2.24) is 4.90 Å². The van der Waals surface area contributed by atoms with Crippen LogP contribution in [0.4, 0.5) is 0 Å². The number of nitrogens with zero attached hydrogens (tertiary/aromatic N) is 2. The fourth-order valence-electron chi connectivity index (χ4n) is 2.65. The monoisotopic (exact) mass is 169 g/mol. The molecule has 0 spiro atoms. The van der Waals surface area contributed by atoms with E-state index in [0.29, 0.717) is 0 Å². The van der Waals surface area contributed by atoms with Gasteiger partial charge >= 0.3 is 0 Å². The number of piperazine rings is 1. The van der Waals surface area contributed by atoms with Crippen LogP contribution in [0.2, 0.25) is 0 Å². The molecule has 0 aromatic heterocycles.